The average molecular weight is 372 g/mol. The lowest BCUT2D eigenvalue weighted by molar-refractivity contribution is 0.198. The van der Waals surface area contributed by atoms with Crippen LogP contribution in [0, 0.1) is 0 Å². The van der Waals surface area contributed by atoms with Crippen LogP contribution in [0.4, 0.5) is 5.95 Å². The molecule has 0 radical (unpaired) electrons. The van der Waals surface area contributed by atoms with Gasteiger partial charge in [0.15, 0.2) is 0 Å². The van der Waals surface area contributed by atoms with Gasteiger partial charge < -0.3 is 14.6 Å². The van der Waals surface area contributed by atoms with E-state index < -0.39 is 0 Å². The first-order valence-corrected chi connectivity index (χ1v) is 8.63. The van der Waals surface area contributed by atoms with Crippen LogP contribution in [0.25, 0.3) is 11.0 Å². The molecule has 2 aromatic carbocycles. The standard InChI is InChI=1S/C18H18BrN3O/c19-14-7-5-13(6-8-14)11-22-17-4-2-1-3-16(17)20-18(22)21-10-9-15(23)12-21/h1-8,15,23H,9-12H2/t15-/m1/s1. The predicted molar refractivity (Wildman–Crippen MR) is 95.8 cm³/mol. The summed E-state index contributed by atoms with van der Waals surface area (Å²) in [6.07, 6.45) is 0.553. The van der Waals surface area contributed by atoms with Gasteiger partial charge in [-0.1, -0.05) is 40.2 Å². The van der Waals surface area contributed by atoms with Gasteiger partial charge in [-0.25, -0.2) is 4.98 Å². The molecule has 3 aromatic rings. The number of anilines is 1. The van der Waals surface area contributed by atoms with Crippen molar-refractivity contribution >= 4 is 32.9 Å². The lowest BCUT2D eigenvalue weighted by Crippen LogP contribution is -2.25. The molecule has 1 N–H and O–H groups in total. The number of fused-ring (bicyclic) bond motifs is 1. The minimum absolute atomic E-state index is 0.254. The first-order chi connectivity index (χ1) is 11.2. The Balaban J connectivity index is 1.77. The predicted octanol–water partition coefficient (Wildman–Crippen LogP) is 3.42. The van der Waals surface area contributed by atoms with E-state index in [1.165, 1.54) is 5.56 Å². The van der Waals surface area contributed by atoms with Crippen molar-refractivity contribution in [2.24, 2.45) is 0 Å². The molecule has 1 aliphatic rings. The number of nitrogens with zero attached hydrogens (tertiary/aromatic N) is 3. The molecule has 2 heterocycles. The Morgan fingerprint density at radius 1 is 1.13 bits per heavy atom. The smallest absolute Gasteiger partial charge is 0.206 e. The number of halogens is 1. The summed E-state index contributed by atoms with van der Waals surface area (Å²) >= 11 is 3.48. The molecule has 118 valence electrons. The van der Waals surface area contributed by atoms with Crippen LogP contribution < -0.4 is 4.90 Å². The number of rotatable bonds is 3. The molecule has 0 unspecified atom stereocenters. The highest BCUT2D eigenvalue weighted by Gasteiger charge is 2.25. The van der Waals surface area contributed by atoms with Gasteiger partial charge in [-0.3, -0.25) is 0 Å². The zero-order valence-electron chi connectivity index (χ0n) is 12.7. The van der Waals surface area contributed by atoms with Gasteiger partial charge in [-0.15, -0.1) is 0 Å². The number of hydrogen-bond donors (Lipinski definition) is 1. The Labute approximate surface area is 143 Å². The number of benzene rings is 2. The topological polar surface area (TPSA) is 41.3 Å². The van der Waals surface area contributed by atoms with Crippen LogP contribution in [-0.4, -0.2) is 33.9 Å². The van der Waals surface area contributed by atoms with E-state index in [4.69, 9.17) is 4.98 Å². The van der Waals surface area contributed by atoms with Crippen LogP contribution in [0.15, 0.2) is 53.0 Å². The van der Waals surface area contributed by atoms with Crippen LogP contribution in [0.5, 0.6) is 0 Å². The molecule has 1 fully saturated rings. The van der Waals surface area contributed by atoms with Gasteiger partial charge in [0.05, 0.1) is 23.7 Å². The summed E-state index contributed by atoms with van der Waals surface area (Å²) in [4.78, 5) is 7.00. The van der Waals surface area contributed by atoms with Crippen LogP contribution in [0.3, 0.4) is 0 Å². The monoisotopic (exact) mass is 371 g/mol. The fourth-order valence-electron chi connectivity index (χ4n) is 3.16. The Hall–Kier alpha value is -1.85. The SMILES string of the molecule is O[C@@H]1CCN(c2nc3ccccc3n2Cc2ccc(Br)cc2)C1. The van der Waals surface area contributed by atoms with E-state index in [9.17, 15) is 5.11 Å². The van der Waals surface area contributed by atoms with Crippen LogP contribution >= 0.6 is 15.9 Å². The van der Waals surface area contributed by atoms with E-state index in [2.05, 4.69) is 55.7 Å². The Morgan fingerprint density at radius 2 is 1.91 bits per heavy atom. The number of aromatic nitrogens is 2. The summed E-state index contributed by atoms with van der Waals surface area (Å²) in [6.45, 7) is 2.28. The van der Waals surface area contributed by atoms with E-state index >= 15 is 0 Å². The third-order valence-electron chi connectivity index (χ3n) is 4.33. The number of hydrogen-bond acceptors (Lipinski definition) is 3. The van der Waals surface area contributed by atoms with Gasteiger partial charge in [0.25, 0.3) is 0 Å². The third-order valence-corrected chi connectivity index (χ3v) is 4.86. The molecule has 0 bridgehead atoms. The fourth-order valence-corrected chi connectivity index (χ4v) is 3.42. The first kappa shape index (κ1) is 14.7. The Bertz CT molecular complexity index is 828. The molecule has 1 saturated heterocycles. The van der Waals surface area contributed by atoms with Crippen molar-refractivity contribution in [1.82, 2.24) is 9.55 Å². The number of aliphatic hydroxyl groups is 1. The maximum atomic E-state index is 9.86. The van der Waals surface area contributed by atoms with Crippen molar-refractivity contribution in [2.75, 3.05) is 18.0 Å². The second kappa shape index (κ2) is 5.98. The summed E-state index contributed by atoms with van der Waals surface area (Å²) in [5.74, 6) is 0.950. The van der Waals surface area contributed by atoms with E-state index in [1.54, 1.807) is 0 Å². The molecule has 0 amide bonds. The zero-order valence-corrected chi connectivity index (χ0v) is 14.3. The highest BCUT2D eigenvalue weighted by atomic mass is 79.9. The lowest BCUT2D eigenvalue weighted by Gasteiger charge is -2.19. The first-order valence-electron chi connectivity index (χ1n) is 7.83. The van der Waals surface area contributed by atoms with Gasteiger partial charge >= 0.3 is 0 Å². The number of imidazole rings is 1. The molecule has 0 spiro atoms. The fraction of sp³-hybridized carbons (Fsp3) is 0.278. The maximum Gasteiger partial charge on any atom is 0.206 e. The van der Waals surface area contributed by atoms with Crippen molar-refractivity contribution in [2.45, 2.75) is 19.1 Å². The Kier molecular flexibility index (Phi) is 3.83. The summed E-state index contributed by atoms with van der Waals surface area (Å²) in [7, 11) is 0. The molecule has 4 rings (SSSR count). The molecule has 4 nitrogen and oxygen atoms in total. The highest BCUT2D eigenvalue weighted by molar-refractivity contribution is 9.10. The van der Waals surface area contributed by atoms with Gasteiger partial charge in [0, 0.05) is 17.6 Å². The average Bonchev–Trinajstić information content (AvgIpc) is 3.14. The molecule has 23 heavy (non-hydrogen) atoms. The molecule has 1 aliphatic heterocycles. The minimum atomic E-state index is -0.254. The maximum absolute atomic E-state index is 9.86. The number of β-amino-alcohol motifs (C(OH)–C–C–N with tert-alkyl or cyclic N) is 1. The Morgan fingerprint density at radius 3 is 2.65 bits per heavy atom. The van der Waals surface area contributed by atoms with Gasteiger partial charge in [0.2, 0.25) is 5.95 Å². The van der Waals surface area contributed by atoms with E-state index in [0.29, 0.717) is 6.54 Å². The van der Waals surface area contributed by atoms with Crippen molar-refractivity contribution in [3.05, 3.63) is 58.6 Å². The third kappa shape index (κ3) is 2.86. The van der Waals surface area contributed by atoms with Crippen LogP contribution in [0.2, 0.25) is 0 Å². The summed E-state index contributed by atoms with van der Waals surface area (Å²) < 4.78 is 3.33. The summed E-state index contributed by atoms with van der Waals surface area (Å²) in [5.41, 5.74) is 3.37. The van der Waals surface area contributed by atoms with Crippen molar-refractivity contribution in [1.29, 1.82) is 0 Å². The van der Waals surface area contributed by atoms with Gasteiger partial charge in [0.1, 0.15) is 0 Å². The minimum Gasteiger partial charge on any atom is -0.391 e. The lowest BCUT2D eigenvalue weighted by atomic mass is 10.2. The van der Waals surface area contributed by atoms with Gasteiger partial charge in [-0.05, 0) is 36.2 Å². The molecular formula is C18H18BrN3O. The summed E-state index contributed by atoms with van der Waals surface area (Å²) in [5, 5.41) is 9.86. The van der Waals surface area contributed by atoms with E-state index in [1.807, 2.05) is 18.2 Å². The normalized spacial score (nSPS) is 18.0. The number of aliphatic hydroxyl groups excluding tert-OH is 1. The molecule has 5 heteroatoms. The molecular weight excluding hydrogens is 354 g/mol. The van der Waals surface area contributed by atoms with E-state index in [0.717, 1.165) is 41.0 Å². The van der Waals surface area contributed by atoms with Crippen molar-refractivity contribution < 1.29 is 5.11 Å². The number of para-hydroxylation sites is 2. The molecule has 0 aliphatic carbocycles. The molecule has 0 saturated carbocycles. The van der Waals surface area contributed by atoms with Gasteiger partial charge in [-0.2, -0.15) is 0 Å². The van der Waals surface area contributed by atoms with Crippen molar-refractivity contribution in [3.63, 3.8) is 0 Å². The van der Waals surface area contributed by atoms with Crippen molar-refractivity contribution in [3.8, 4) is 0 Å². The second-order valence-corrected chi connectivity index (χ2v) is 6.92. The molecule has 1 atom stereocenters. The van der Waals surface area contributed by atoms with Crippen LogP contribution in [-0.2, 0) is 6.54 Å². The summed E-state index contributed by atoms with van der Waals surface area (Å²) in [6, 6.07) is 16.6. The largest absolute Gasteiger partial charge is 0.391 e. The second-order valence-electron chi connectivity index (χ2n) is 6.00. The van der Waals surface area contributed by atoms with Crippen LogP contribution in [0.1, 0.15) is 12.0 Å². The van der Waals surface area contributed by atoms with E-state index in [-0.39, 0.29) is 6.10 Å². The highest BCUT2D eigenvalue weighted by Crippen LogP contribution is 2.27. The molecule has 1 aromatic heterocycles. The quantitative estimate of drug-likeness (QED) is 0.766. The zero-order chi connectivity index (χ0) is 15.8.